The van der Waals surface area contributed by atoms with Crippen LogP contribution in [0.15, 0.2) is 28.7 Å². The van der Waals surface area contributed by atoms with E-state index in [0.717, 1.165) is 34.6 Å². The Kier molecular flexibility index (Phi) is 4.14. The number of aromatic nitrogens is 2. The molecule has 0 fully saturated rings. The zero-order valence-electron chi connectivity index (χ0n) is 11.5. The monoisotopic (exact) mass is 322 g/mol. The molecule has 4 nitrogen and oxygen atoms in total. The smallest absolute Gasteiger partial charge is 0.0601 e. The molecule has 0 aliphatic heterocycles. The van der Waals surface area contributed by atoms with Gasteiger partial charge in [-0.05, 0) is 38.1 Å². The van der Waals surface area contributed by atoms with Crippen molar-refractivity contribution in [3.05, 3.63) is 40.1 Å². The molecule has 102 valence electrons. The van der Waals surface area contributed by atoms with Crippen LogP contribution in [0.25, 0.3) is 0 Å². The molecule has 0 bridgehead atoms. The third-order valence-electron chi connectivity index (χ3n) is 3.09. The van der Waals surface area contributed by atoms with Crippen LogP contribution >= 0.6 is 15.9 Å². The largest absolute Gasteiger partial charge is 0.397 e. The molecule has 2 N–H and O–H groups in total. The molecule has 0 aliphatic rings. The molecule has 0 saturated heterocycles. The van der Waals surface area contributed by atoms with Gasteiger partial charge in [0, 0.05) is 18.1 Å². The van der Waals surface area contributed by atoms with Gasteiger partial charge in [0.25, 0.3) is 0 Å². The SMILES string of the molecule is CCn1nc(C)cc1CN(C)c1ccc(Br)cc1N. The van der Waals surface area contributed by atoms with Crippen molar-refractivity contribution in [2.24, 2.45) is 0 Å². The second-order valence-electron chi connectivity index (χ2n) is 4.65. The van der Waals surface area contributed by atoms with Crippen LogP contribution in [-0.4, -0.2) is 16.8 Å². The predicted octanol–water partition coefficient (Wildman–Crippen LogP) is 3.19. The summed E-state index contributed by atoms with van der Waals surface area (Å²) in [6, 6.07) is 8.08. The van der Waals surface area contributed by atoms with E-state index in [1.807, 2.05) is 36.9 Å². The second-order valence-corrected chi connectivity index (χ2v) is 5.57. The summed E-state index contributed by atoms with van der Waals surface area (Å²) >= 11 is 3.43. The van der Waals surface area contributed by atoms with Crippen molar-refractivity contribution < 1.29 is 0 Å². The number of nitrogen functional groups attached to an aromatic ring is 1. The van der Waals surface area contributed by atoms with Crippen LogP contribution in [0.2, 0.25) is 0 Å². The molecule has 0 saturated carbocycles. The number of halogens is 1. The highest BCUT2D eigenvalue weighted by molar-refractivity contribution is 9.10. The van der Waals surface area contributed by atoms with Gasteiger partial charge in [0.05, 0.1) is 29.3 Å². The van der Waals surface area contributed by atoms with Crippen molar-refractivity contribution in [2.45, 2.75) is 26.9 Å². The molecule has 1 aromatic carbocycles. The molecular formula is C14H19BrN4. The van der Waals surface area contributed by atoms with Crippen LogP contribution in [0.1, 0.15) is 18.3 Å². The summed E-state index contributed by atoms with van der Waals surface area (Å²) in [7, 11) is 2.04. The Balaban J connectivity index is 2.22. The van der Waals surface area contributed by atoms with E-state index in [1.54, 1.807) is 0 Å². The number of hydrogen-bond acceptors (Lipinski definition) is 3. The quantitative estimate of drug-likeness (QED) is 0.879. The molecule has 19 heavy (non-hydrogen) atoms. The number of anilines is 2. The number of nitrogens with zero attached hydrogens (tertiary/aromatic N) is 3. The zero-order valence-corrected chi connectivity index (χ0v) is 13.1. The minimum absolute atomic E-state index is 0.774. The first-order valence-corrected chi connectivity index (χ1v) is 7.10. The average molecular weight is 323 g/mol. The van der Waals surface area contributed by atoms with Crippen LogP contribution in [0.3, 0.4) is 0 Å². The summed E-state index contributed by atoms with van der Waals surface area (Å²) in [6.45, 7) is 5.79. The van der Waals surface area contributed by atoms with E-state index in [0.29, 0.717) is 0 Å². The lowest BCUT2D eigenvalue weighted by Gasteiger charge is -2.21. The predicted molar refractivity (Wildman–Crippen MR) is 83.3 cm³/mol. The van der Waals surface area contributed by atoms with E-state index < -0.39 is 0 Å². The maximum absolute atomic E-state index is 6.06. The first-order valence-electron chi connectivity index (χ1n) is 6.30. The maximum Gasteiger partial charge on any atom is 0.0601 e. The van der Waals surface area contributed by atoms with E-state index in [2.05, 4.69) is 38.9 Å². The van der Waals surface area contributed by atoms with E-state index in [-0.39, 0.29) is 0 Å². The van der Waals surface area contributed by atoms with E-state index >= 15 is 0 Å². The van der Waals surface area contributed by atoms with Crippen LogP contribution in [-0.2, 0) is 13.1 Å². The van der Waals surface area contributed by atoms with Gasteiger partial charge in [-0.1, -0.05) is 15.9 Å². The maximum atomic E-state index is 6.06. The van der Waals surface area contributed by atoms with Gasteiger partial charge >= 0.3 is 0 Å². The molecule has 0 radical (unpaired) electrons. The van der Waals surface area contributed by atoms with Crippen LogP contribution in [0.5, 0.6) is 0 Å². The molecule has 0 amide bonds. The summed E-state index contributed by atoms with van der Waals surface area (Å²) in [5, 5.41) is 4.46. The normalized spacial score (nSPS) is 10.7. The van der Waals surface area contributed by atoms with Gasteiger partial charge in [-0.2, -0.15) is 5.10 Å². The van der Waals surface area contributed by atoms with Gasteiger partial charge in [-0.25, -0.2) is 0 Å². The van der Waals surface area contributed by atoms with Gasteiger partial charge in [-0.3, -0.25) is 4.68 Å². The average Bonchev–Trinajstić information content (AvgIpc) is 2.69. The highest BCUT2D eigenvalue weighted by Crippen LogP contribution is 2.27. The Morgan fingerprint density at radius 2 is 2.11 bits per heavy atom. The van der Waals surface area contributed by atoms with Gasteiger partial charge in [0.15, 0.2) is 0 Å². The summed E-state index contributed by atoms with van der Waals surface area (Å²) < 4.78 is 3.03. The molecule has 2 aromatic rings. The zero-order chi connectivity index (χ0) is 14.0. The molecule has 1 heterocycles. The lowest BCUT2D eigenvalue weighted by atomic mass is 10.2. The molecular weight excluding hydrogens is 304 g/mol. The first kappa shape index (κ1) is 13.9. The first-order chi connectivity index (χ1) is 9.01. The number of benzene rings is 1. The second kappa shape index (κ2) is 5.65. The highest BCUT2D eigenvalue weighted by atomic mass is 79.9. The Morgan fingerprint density at radius 3 is 2.74 bits per heavy atom. The molecule has 0 spiro atoms. The fourth-order valence-electron chi connectivity index (χ4n) is 2.20. The van der Waals surface area contributed by atoms with Crippen LogP contribution in [0.4, 0.5) is 11.4 Å². The minimum Gasteiger partial charge on any atom is -0.397 e. The molecule has 1 aromatic heterocycles. The Bertz CT molecular complexity index is 577. The van der Waals surface area contributed by atoms with Crippen molar-refractivity contribution in [2.75, 3.05) is 17.7 Å². The van der Waals surface area contributed by atoms with Crippen molar-refractivity contribution in [1.29, 1.82) is 0 Å². The summed E-state index contributed by atoms with van der Waals surface area (Å²) in [6.07, 6.45) is 0. The van der Waals surface area contributed by atoms with E-state index in [1.165, 1.54) is 5.69 Å². The van der Waals surface area contributed by atoms with Crippen LogP contribution in [0, 0.1) is 6.92 Å². The van der Waals surface area contributed by atoms with Crippen molar-refractivity contribution >= 4 is 27.3 Å². The lowest BCUT2D eigenvalue weighted by molar-refractivity contribution is 0.613. The molecule has 0 aliphatic carbocycles. The Hall–Kier alpha value is -1.49. The highest BCUT2D eigenvalue weighted by Gasteiger charge is 2.10. The van der Waals surface area contributed by atoms with E-state index in [9.17, 15) is 0 Å². The Labute approximate surface area is 122 Å². The Morgan fingerprint density at radius 1 is 1.37 bits per heavy atom. The fourth-order valence-corrected chi connectivity index (χ4v) is 2.58. The summed E-state index contributed by atoms with van der Waals surface area (Å²) in [5.74, 6) is 0. The number of aryl methyl sites for hydroxylation is 2. The minimum atomic E-state index is 0.774. The standard InChI is InChI=1S/C14H19BrN4/c1-4-19-12(7-10(2)17-19)9-18(3)14-6-5-11(15)8-13(14)16/h5-8H,4,9,16H2,1-3H3. The third kappa shape index (κ3) is 3.10. The van der Waals surface area contributed by atoms with Crippen molar-refractivity contribution in [3.8, 4) is 0 Å². The number of rotatable bonds is 4. The summed E-state index contributed by atoms with van der Waals surface area (Å²) in [5.41, 5.74) is 10.1. The molecule has 5 heteroatoms. The fraction of sp³-hybridized carbons (Fsp3) is 0.357. The van der Waals surface area contributed by atoms with Crippen LogP contribution < -0.4 is 10.6 Å². The van der Waals surface area contributed by atoms with Gasteiger partial charge in [0.2, 0.25) is 0 Å². The molecule has 0 unspecified atom stereocenters. The number of nitrogens with two attached hydrogens (primary N) is 1. The van der Waals surface area contributed by atoms with Gasteiger partial charge in [0.1, 0.15) is 0 Å². The van der Waals surface area contributed by atoms with E-state index in [4.69, 9.17) is 5.73 Å². The van der Waals surface area contributed by atoms with Crippen molar-refractivity contribution in [3.63, 3.8) is 0 Å². The third-order valence-corrected chi connectivity index (χ3v) is 3.58. The van der Waals surface area contributed by atoms with Gasteiger partial charge in [-0.15, -0.1) is 0 Å². The van der Waals surface area contributed by atoms with Gasteiger partial charge < -0.3 is 10.6 Å². The van der Waals surface area contributed by atoms with Crippen molar-refractivity contribution in [1.82, 2.24) is 9.78 Å². The summed E-state index contributed by atoms with van der Waals surface area (Å²) in [4.78, 5) is 2.14. The molecule has 0 atom stereocenters. The lowest BCUT2D eigenvalue weighted by Crippen LogP contribution is -2.20. The molecule has 2 rings (SSSR count). The topological polar surface area (TPSA) is 47.1 Å². The number of hydrogen-bond donors (Lipinski definition) is 1.